The molecular weight excluding hydrogens is 304 g/mol. The molecule has 7 heteroatoms. The van der Waals surface area contributed by atoms with Crippen molar-refractivity contribution in [2.45, 2.75) is 88.2 Å². The first-order valence-electron chi connectivity index (χ1n) is 8.26. The number of hydrogen-bond acceptors (Lipinski definition) is 7. The van der Waals surface area contributed by atoms with Crippen LogP contribution in [-0.4, -0.2) is 70.6 Å². The topological polar surface area (TPSA) is 97.6 Å². The third-order valence-electron chi connectivity index (χ3n) is 5.70. The fourth-order valence-corrected chi connectivity index (χ4v) is 4.17. The molecule has 0 amide bonds. The maximum Gasteiger partial charge on any atom is 0.189 e. The van der Waals surface area contributed by atoms with E-state index in [1.807, 2.05) is 6.92 Å². The summed E-state index contributed by atoms with van der Waals surface area (Å²) >= 11 is 0. The van der Waals surface area contributed by atoms with Crippen molar-refractivity contribution in [3.05, 3.63) is 0 Å². The highest BCUT2D eigenvalue weighted by Crippen LogP contribution is 2.51. The van der Waals surface area contributed by atoms with Gasteiger partial charge in [0.05, 0.1) is 17.3 Å². The summed E-state index contributed by atoms with van der Waals surface area (Å²) in [5, 5.41) is 29.9. The van der Waals surface area contributed by atoms with Gasteiger partial charge in [0.15, 0.2) is 12.6 Å². The van der Waals surface area contributed by atoms with Gasteiger partial charge in [-0.25, -0.2) is 0 Å². The Bertz CT molecular complexity index is 440. The van der Waals surface area contributed by atoms with Crippen LogP contribution >= 0.6 is 0 Å². The third-order valence-corrected chi connectivity index (χ3v) is 5.70. The van der Waals surface area contributed by atoms with Gasteiger partial charge >= 0.3 is 0 Å². The molecule has 1 saturated carbocycles. The molecule has 8 atom stereocenters. The zero-order valence-electron chi connectivity index (χ0n) is 14.1. The van der Waals surface area contributed by atoms with Crippen LogP contribution in [0.5, 0.6) is 0 Å². The van der Waals surface area contributed by atoms with Crippen LogP contribution in [0.25, 0.3) is 0 Å². The summed E-state index contributed by atoms with van der Waals surface area (Å²) in [6.07, 6.45) is -3.61. The molecule has 4 aliphatic rings. The molecule has 2 bridgehead atoms. The minimum absolute atomic E-state index is 0.191. The van der Waals surface area contributed by atoms with Crippen molar-refractivity contribution >= 4 is 0 Å². The molecule has 0 aromatic rings. The van der Waals surface area contributed by atoms with E-state index in [0.717, 1.165) is 19.3 Å². The number of hydrogen-bond donors (Lipinski definition) is 3. The van der Waals surface area contributed by atoms with E-state index in [9.17, 15) is 15.3 Å². The first-order valence-corrected chi connectivity index (χ1v) is 8.26. The van der Waals surface area contributed by atoms with Crippen molar-refractivity contribution in [3.63, 3.8) is 0 Å². The second-order valence-electron chi connectivity index (χ2n) is 7.69. The number of aliphatic hydroxyl groups excluding tert-OH is 3. The zero-order valence-corrected chi connectivity index (χ0v) is 14.1. The van der Waals surface area contributed by atoms with Gasteiger partial charge in [0.25, 0.3) is 0 Å². The van der Waals surface area contributed by atoms with Crippen molar-refractivity contribution < 1.29 is 34.3 Å². The first kappa shape index (κ1) is 17.5. The molecular formula is C16H28O7. The van der Waals surface area contributed by atoms with Gasteiger partial charge in [-0.1, -0.05) is 0 Å². The van der Waals surface area contributed by atoms with Gasteiger partial charge in [0.2, 0.25) is 0 Å². The van der Waals surface area contributed by atoms with Crippen LogP contribution in [0.15, 0.2) is 0 Å². The largest absolute Gasteiger partial charge is 0.387 e. The number of rotatable bonds is 3. The standard InChI is InChI=1S/C16H28O7/c1-15(2)8-5-6-16(3,23-15)9(7-8)21-14-12(19)10(17)11(18)13(20-4)22-14/h8-14,17-19H,5-7H2,1-4H3/t8-,9?,10+,11+,12-,13+,14?,16+/m1/s1. The highest BCUT2D eigenvalue weighted by Gasteiger charge is 2.56. The molecule has 23 heavy (non-hydrogen) atoms. The van der Waals surface area contributed by atoms with Crippen molar-refractivity contribution in [3.8, 4) is 0 Å². The number of aliphatic hydroxyl groups is 3. The molecule has 4 fully saturated rings. The van der Waals surface area contributed by atoms with E-state index in [2.05, 4.69) is 13.8 Å². The summed E-state index contributed by atoms with van der Waals surface area (Å²) in [6, 6.07) is 0. The Balaban J connectivity index is 1.72. The number of ether oxygens (including phenoxy) is 4. The SMILES string of the molecule is CO[C@H]1OC(OC2C[C@H]3CC[C@]2(C)OC3(C)C)[C@H](O)[C@@H](O)[C@@H]1O. The van der Waals surface area contributed by atoms with E-state index >= 15 is 0 Å². The van der Waals surface area contributed by atoms with Gasteiger partial charge < -0.3 is 34.3 Å². The minimum atomic E-state index is -1.38. The molecule has 2 unspecified atom stereocenters. The third kappa shape index (κ3) is 2.93. The highest BCUT2D eigenvalue weighted by atomic mass is 16.8. The van der Waals surface area contributed by atoms with Gasteiger partial charge in [0.1, 0.15) is 18.3 Å². The molecule has 3 aliphatic heterocycles. The summed E-state index contributed by atoms with van der Waals surface area (Å²) in [6.45, 7) is 6.21. The van der Waals surface area contributed by atoms with Crippen LogP contribution in [0.1, 0.15) is 40.0 Å². The Morgan fingerprint density at radius 3 is 2.22 bits per heavy atom. The number of fused-ring (bicyclic) bond motifs is 3. The average molecular weight is 332 g/mol. The predicted octanol–water partition coefficient (Wildman–Crippen LogP) is 0.151. The minimum Gasteiger partial charge on any atom is -0.387 e. The molecule has 0 aromatic carbocycles. The Hall–Kier alpha value is -0.280. The molecule has 134 valence electrons. The smallest absolute Gasteiger partial charge is 0.189 e. The van der Waals surface area contributed by atoms with Gasteiger partial charge in [0, 0.05) is 7.11 Å². The normalized spacial score (nSPS) is 52.6. The van der Waals surface area contributed by atoms with Crippen LogP contribution in [0.4, 0.5) is 0 Å². The fraction of sp³-hybridized carbons (Fsp3) is 1.00. The van der Waals surface area contributed by atoms with E-state index in [1.165, 1.54) is 7.11 Å². The summed E-state index contributed by atoms with van der Waals surface area (Å²) in [5.41, 5.74) is -0.644. The molecule has 4 rings (SSSR count). The second-order valence-corrected chi connectivity index (χ2v) is 7.69. The average Bonchev–Trinajstić information content (AvgIpc) is 2.48. The quantitative estimate of drug-likeness (QED) is 0.677. The van der Waals surface area contributed by atoms with E-state index in [4.69, 9.17) is 18.9 Å². The van der Waals surface area contributed by atoms with Gasteiger partial charge in [-0.15, -0.1) is 0 Å². The van der Waals surface area contributed by atoms with E-state index in [0.29, 0.717) is 5.92 Å². The van der Waals surface area contributed by atoms with E-state index < -0.39 is 36.5 Å². The first-order chi connectivity index (χ1) is 10.7. The molecule has 0 spiro atoms. The monoisotopic (exact) mass is 332 g/mol. The Labute approximate surface area is 136 Å². The van der Waals surface area contributed by atoms with Gasteiger partial charge in [-0.3, -0.25) is 0 Å². The molecule has 3 saturated heterocycles. The fourth-order valence-electron chi connectivity index (χ4n) is 4.17. The Morgan fingerprint density at radius 1 is 1.00 bits per heavy atom. The summed E-state index contributed by atoms with van der Waals surface area (Å²) in [5.74, 6) is 0.379. The lowest BCUT2D eigenvalue weighted by atomic mass is 9.67. The van der Waals surface area contributed by atoms with Gasteiger partial charge in [-0.05, 0) is 46.0 Å². The molecule has 3 heterocycles. The van der Waals surface area contributed by atoms with E-state index in [-0.39, 0.29) is 11.7 Å². The van der Waals surface area contributed by atoms with Crippen LogP contribution in [0, 0.1) is 5.92 Å². The molecule has 1 aliphatic carbocycles. The Kier molecular flexibility index (Phi) is 4.51. The maximum absolute atomic E-state index is 10.2. The van der Waals surface area contributed by atoms with Crippen LogP contribution in [0.2, 0.25) is 0 Å². The highest BCUT2D eigenvalue weighted by molar-refractivity contribution is 5.04. The zero-order chi connectivity index (χ0) is 17.0. The van der Waals surface area contributed by atoms with Crippen LogP contribution in [0.3, 0.4) is 0 Å². The van der Waals surface area contributed by atoms with Crippen LogP contribution in [-0.2, 0) is 18.9 Å². The van der Waals surface area contributed by atoms with Crippen molar-refractivity contribution in [1.29, 1.82) is 0 Å². The summed E-state index contributed by atoms with van der Waals surface area (Å²) in [4.78, 5) is 0. The van der Waals surface area contributed by atoms with Crippen molar-refractivity contribution in [2.24, 2.45) is 5.92 Å². The molecule has 3 N–H and O–H groups in total. The molecule has 0 radical (unpaired) electrons. The van der Waals surface area contributed by atoms with E-state index in [1.54, 1.807) is 0 Å². The maximum atomic E-state index is 10.2. The number of methoxy groups -OCH3 is 1. The van der Waals surface area contributed by atoms with Crippen LogP contribution < -0.4 is 0 Å². The Morgan fingerprint density at radius 2 is 1.65 bits per heavy atom. The lowest BCUT2D eigenvalue weighted by molar-refractivity contribution is -0.378. The summed E-state index contributed by atoms with van der Waals surface area (Å²) in [7, 11) is 1.37. The molecule has 7 nitrogen and oxygen atoms in total. The van der Waals surface area contributed by atoms with Gasteiger partial charge in [-0.2, -0.15) is 0 Å². The second kappa shape index (κ2) is 5.91. The van der Waals surface area contributed by atoms with Crippen molar-refractivity contribution in [1.82, 2.24) is 0 Å². The lowest BCUT2D eigenvalue weighted by Gasteiger charge is -2.58. The summed E-state index contributed by atoms with van der Waals surface area (Å²) < 4.78 is 22.7. The molecule has 0 aromatic heterocycles. The predicted molar refractivity (Wildman–Crippen MR) is 79.5 cm³/mol. The van der Waals surface area contributed by atoms with Crippen molar-refractivity contribution in [2.75, 3.05) is 7.11 Å². The lowest BCUT2D eigenvalue weighted by Crippen LogP contribution is -2.65.